The van der Waals surface area contributed by atoms with Crippen molar-refractivity contribution in [1.82, 2.24) is 0 Å². The highest BCUT2D eigenvalue weighted by Crippen LogP contribution is 2.32. The van der Waals surface area contributed by atoms with Gasteiger partial charge < -0.3 is 9.84 Å². The van der Waals surface area contributed by atoms with Crippen LogP contribution in [0, 0.1) is 0 Å². The van der Waals surface area contributed by atoms with Gasteiger partial charge in [-0.15, -0.1) is 0 Å². The summed E-state index contributed by atoms with van der Waals surface area (Å²) in [4.78, 5) is 10.4. The minimum absolute atomic E-state index is 0.0189. The maximum atomic E-state index is 10.4. The third-order valence-electron chi connectivity index (χ3n) is 2.45. The number of halogens is 1. The Balaban J connectivity index is 2.00. The van der Waals surface area contributed by atoms with Crippen molar-refractivity contribution in [2.24, 2.45) is 0 Å². The van der Waals surface area contributed by atoms with Gasteiger partial charge in [0, 0.05) is 17.9 Å². The fourth-order valence-corrected chi connectivity index (χ4v) is 1.88. The summed E-state index contributed by atoms with van der Waals surface area (Å²) in [5, 5.41) is 9.20. The lowest BCUT2D eigenvalue weighted by atomic mass is 10.1. The first kappa shape index (κ1) is 10.3. The molecule has 0 spiro atoms. The van der Waals surface area contributed by atoms with Crippen molar-refractivity contribution in [3.8, 4) is 5.75 Å². The molecule has 0 saturated carbocycles. The van der Waals surface area contributed by atoms with Gasteiger partial charge in [-0.3, -0.25) is 4.79 Å². The minimum atomic E-state index is -0.785. The normalized spacial score (nSPS) is 18.3. The van der Waals surface area contributed by atoms with Gasteiger partial charge in [0.1, 0.15) is 11.9 Å². The summed E-state index contributed by atoms with van der Waals surface area (Å²) >= 11 is 5.82. The zero-order valence-corrected chi connectivity index (χ0v) is 8.83. The summed E-state index contributed by atoms with van der Waals surface area (Å²) in [6, 6.07) is 5.53. The molecule has 1 aliphatic heterocycles. The molecule has 1 N–H and O–H groups in total. The molecule has 0 saturated heterocycles. The van der Waals surface area contributed by atoms with Crippen LogP contribution in [0.3, 0.4) is 0 Å². The second kappa shape index (κ2) is 4.11. The van der Waals surface area contributed by atoms with Crippen LogP contribution in [0.25, 0.3) is 0 Å². The topological polar surface area (TPSA) is 46.5 Å². The van der Waals surface area contributed by atoms with Crippen LogP contribution >= 0.6 is 11.6 Å². The number of carbonyl (C=O) groups is 1. The first-order valence-electron chi connectivity index (χ1n) is 4.82. The number of aliphatic carboxylic acids is 1. The van der Waals surface area contributed by atoms with Crippen LogP contribution in [-0.2, 0) is 11.2 Å². The molecule has 1 aliphatic rings. The Morgan fingerprint density at radius 1 is 1.60 bits per heavy atom. The molecule has 4 heteroatoms. The van der Waals surface area contributed by atoms with Crippen LogP contribution in [0.2, 0.25) is 5.02 Å². The molecular weight excluding hydrogens is 216 g/mol. The van der Waals surface area contributed by atoms with Crippen molar-refractivity contribution in [1.29, 1.82) is 0 Å². The zero-order chi connectivity index (χ0) is 10.8. The Kier molecular flexibility index (Phi) is 2.82. The van der Waals surface area contributed by atoms with E-state index in [0.29, 0.717) is 11.4 Å². The predicted molar refractivity (Wildman–Crippen MR) is 56.4 cm³/mol. The van der Waals surface area contributed by atoms with Crippen molar-refractivity contribution in [3.05, 3.63) is 28.8 Å². The minimum Gasteiger partial charge on any atom is -0.490 e. The van der Waals surface area contributed by atoms with Gasteiger partial charge in [-0.05, 0) is 24.1 Å². The molecule has 0 radical (unpaired) electrons. The molecule has 0 aromatic heterocycles. The Morgan fingerprint density at radius 2 is 2.40 bits per heavy atom. The van der Waals surface area contributed by atoms with Crippen molar-refractivity contribution < 1.29 is 14.6 Å². The summed E-state index contributed by atoms with van der Waals surface area (Å²) < 4.78 is 5.59. The summed E-state index contributed by atoms with van der Waals surface area (Å²) in [5.41, 5.74) is 1.11. The van der Waals surface area contributed by atoms with Gasteiger partial charge in [0.05, 0.1) is 0 Å². The van der Waals surface area contributed by atoms with E-state index in [0.717, 1.165) is 17.7 Å². The first-order valence-corrected chi connectivity index (χ1v) is 5.20. The maximum absolute atomic E-state index is 10.4. The van der Waals surface area contributed by atoms with Gasteiger partial charge in [-0.1, -0.05) is 17.7 Å². The Labute approximate surface area is 92.6 Å². The highest BCUT2D eigenvalue weighted by atomic mass is 35.5. The second-order valence-corrected chi connectivity index (χ2v) is 4.06. The van der Waals surface area contributed by atoms with E-state index in [9.17, 15) is 4.79 Å². The van der Waals surface area contributed by atoms with Crippen molar-refractivity contribution in [2.75, 3.05) is 0 Å². The quantitative estimate of drug-likeness (QED) is 0.862. The van der Waals surface area contributed by atoms with Gasteiger partial charge in [0.25, 0.3) is 0 Å². The smallest absolute Gasteiger partial charge is 0.303 e. The van der Waals surface area contributed by atoms with Crippen molar-refractivity contribution in [3.63, 3.8) is 0 Å². The molecule has 3 nitrogen and oxygen atoms in total. The van der Waals surface area contributed by atoms with Crippen molar-refractivity contribution in [2.45, 2.75) is 25.4 Å². The van der Waals surface area contributed by atoms with E-state index < -0.39 is 5.97 Å². The first-order chi connectivity index (χ1) is 7.15. The molecule has 1 heterocycles. The Morgan fingerprint density at radius 3 is 3.13 bits per heavy atom. The van der Waals surface area contributed by atoms with Crippen LogP contribution in [-0.4, -0.2) is 17.2 Å². The standard InChI is InChI=1S/C11H11ClO3/c12-8-2-1-7-5-9(3-4-11(13)14)15-10(7)6-8/h1-2,6,9H,3-5H2,(H,13,14). The fraction of sp³-hybridized carbons (Fsp3) is 0.364. The molecule has 2 rings (SSSR count). The molecule has 1 aromatic carbocycles. The van der Waals surface area contributed by atoms with Gasteiger partial charge >= 0.3 is 5.97 Å². The zero-order valence-electron chi connectivity index (χ0n) is 8.07. The van der Waals surface area contributed by atoms with Gasteiger partial charge in [-0.2, -0.15) is 0 Å². The molecule has 80 valence electrons. The van der Waals surface area contributed by atoms with E-state index in [-0.39, 0.29) is 12.5 Å². The lowest BCUT2D eigenvalue weighted by Crippen LogP contribution is -2.14. The highest BCUT2D eigenvalue weighted by molar-refractivity contribution is 6.30. The van der Waals surface area contributed by atoms with E-state index in [4.69, 9.17) is 21.4 Å². The SMILES string of the molecule is O=C(O)CCC1Cc2ccc(Cl)cc2O1. The third-order valence-corrected chi connectivity index (χ3v) is 2.69. The lowest BCUT2D eigenvalue weighted by Gasteiger charge is -2.08. The van der Waals surface area contributed by atoms with Crippen LogP contribution in [0.15, 0.2) is 18.2 Å². The monoisotopic (exact) mass is 226 g/mol. The summed E-state index contributed by atoms with van der Waals surface area (Å²) in [6.45, 7) is 0. The molecule has 1 atom stereocenters. The molecule has 1 unspecified atom stereocenters. The summed E-state index contributed by atoms with van der Waals surface area (Å²) in [5.74, 6) is 0.00507. The number of fused-ring (bicyclic) bond motifs is 1. The number of ether oxygens (including phenoxy) is 1. The third kappa shape index (κ3) is 2.42. The van der Waals surface area contributed by atoms with E-state index in [1.165, 1.54) is 0 Å². The number of hydrogen-bond donors (Lipinski definition) is 1. The van der Waals surface area contributed by atoms with Crippen LogP contribution in [0.4, 0.5) is 0 Å². The molecular formula is C11H11ClO3. The van der Waals surface area contributed by atoms with Crippen LogP contribution in [0.5, 0.6) is 5.75 Å². The molecule has 0 amide bonds. The number of carboxylic acid groups (broad SMARTS) is 1. The largest absolute Gasteiger partial charge is 0.490 e. The van der Waals surface area contributed by atoms with Crippen LogP contribution < -0.4 is 4.74 Å². The number of benzene rings is 1. The molecule has 1 aromatic rings. The highest BCUT2D eigenvalue weighted by Gasteiger charge is 2.23. The van der Waals surface area contributed by atoms with Gasteiger partial charge in [0.2, 0.25) is 0 Å². The maximum Gasteiger partial charge on any atom is 0.303 e. The van der Waals surface area contributed by atoms with E-state index in [1.807, 2.05) is 12.1 Å². The second-order valence-electron chi connectivity index (χ2n) is 3.63. The average molecular weight is 227 g/mol. The number of carboxylic acids is 1. The Hall–Kier alpha value is -1.22. The Bertz CT molecular complexity index is 389. The predicted octanol–water partition coefficient (Wildman–Crippen LogP) is 2.51. The lowest BCUT2D eigenvalue weighted by molar-refractivity contribution is -0.137. The van der Waals surface area contributed by atoms with E-state index in [2.05, 4.69) is 0 Å². The molecule has 15 heavy (non-hydrogen) atoms. The molecule has 0 aliphatic carbocycles. The molecule has 0 fully saturated rings. The van der Waals surface area contributed by atoms with Crippen LogP contribution in [0.1, 0.15) is 18.4 Å². The van der Waals surface area contributed by atoms with Crippen molar-refractivity contribution >= 4 is 17.6 Å². The summed E-state index contributed by atoms with van der Waals surface area (Å²) in [7, 11) is 0. The number of rotatable bonds is 3. The summed E-state index contributed by atoms with van der Waals surface area (Å²) in [6.07, 6.45) is 1.45. The molecule has 0 bridgehead atoms. The van der Waals surface area contributed by atoms with Gasteiger partial charge in [-0.25, -0.2) is 0 Å². The van der Waals surface area contributed by atoms with E-state index in [1.54, 1.807) is 6.07 Å². The van der Waals surface area contributed by atoms with E-state index >= 15 is 0 Å². The van der Waals surface area contributed by atoms with Gasteiger partial charge in [0.15, 0.2) is 0 Å². The number of hydrogen-bond acceptors (Lipinski definition) is 2. The average Bonchev–Trinajstić information content (AvgIpc) is 2.56. The fourth-order valence-electron chi connectivity index (χ4n) is 1.72.